The molecule has 2 unspecified atom stereocenters. The van der Waals surface area contributed by atoms with Crippen LogP contribution >= 0.6 is 0 Å². The Kier molecular flexibility index (Phi) is 5.54. The first-order valence-electron chi connectivity index (χ1n) is 12.6. The van der Waals surface area contributed by atoms with Crippen LogP contribution in [-0.4, -0.2) is 75.0 Å². The predicted octanol–water partition coefficient (Wildman–Crippen LogP) is 2.49. The van der Waals surface area contributed by atoms with Gasteiger partial charge in [0.2, 0.25) is 5.91 Å². The van der Waals surface area contributed by atoms with Gasteiger partial charge in [-0.05, 0) is 49.1 Å². The number of carbonyl (C=O) groups excluding carboxylic acids is 3. The van der Waals surface area contributed by atoms with E-state index < -0.39 is 0 Å². The summed E-state index contributed by atoms with van der Waals surface area (Å²) in [5, 5.41) is 8.31. The van der Waals surface area contributed by atoms with Gasteiger partial charge in [-0.3, -0.25) is 24.0 Å². The van der Waals surface area contributed by atoms with E-state index in [1.54, 1.807) is 31.6 Å². The van der Waals surface area contributed by atoms with Gasteiger partial charge in [0, 0.05) is 57.4 Å². The molecule has 10 heteroatoms. The van der Waals surface area contributed by atoms with E-state index >= 15 is 0 Å². The van der Waals surface area contributed by atoms with Crippen LogP contribution in [-0.2, 0) is 4.79 Å². The maximum atomic E-state index is 13.1. The van der Waals surface area contributed by atoms with Gasteiger partial charge in [0.1, 0.15) is 0 Å². The summed E-state index contributed by atoms with van der Waals surface area (Å²) in [6.45, 7) is 5.00. The molecule has 188 valence electrons. The SMILES string of the molecule is CC(=O)N1CCC(n2cc(C(=O)N3CCC4(CC3)CC4CNC(=O)c3cc4ccncc4o3)cn2)C1. The third-order valence-corrected chi connectivity index (χ3v) is 8.29. The fourth-order valence-corrected chi connectivity index (χ4v) is 5.86. The molecule has 1 spiro atoms. The molecule has 0 radical (unpaired) electrons. The monoisotopic (exact) mass is 490 g/mol. The van der Waals surface area contributed by atoms with Crippen LogP contribution in [0.2, 0.25) is 0 Å². The largest absolute Gasteiger partial charge is 0.449 e. The highest BCUT2D eigenvalue weighted by molar-refractivity contribution is 5.96. The number of piperidine rings is 1. The molecule has 1 aliphatic carbocycles. The number of fused-ring (bicyclic) bond motifs is 1. The molecule has 2 saturated heterocycles. The summed E-state index contributed by atoms with van der Waals surface area (Å²) in [5.74, 6) is 0.626. The Bertz CT molecular complexity index is 1290. The van der Waals surface area contributed by atoms with E-state index in [1.165, 1.54) is 0 Å². The fraction of sp³-hybridized carbons (Fsp3) is 0.500. The minimum Gasteiger partial charge on any atom is -0.449 e. The fourth-order valence-electron chi connectivity index (χ4n) is 5.86. The van der Waals surface area contributed by atoms with Crippen molar-refractivity contribution in [3.63, 3.8) is 0 Å². The van der Waals surface area contributed by atoms with Crippen molar-refractivity contribution < 1.29 is 18.8 Å². The third kappa shape index (κ3) is 4.14. The Morgan fingerprint density at radius 1 is 1.17 bits per heavy atom. The molecule has 3 fully saturated rings. The van der Waals surface area contributed by atoms with E-state index in [9.17, 15) is 14.4 Å². The van der Waals surface area contributed by atoms with Gasteiger partial charge in [-0.25, -0.2) is 0 Å². The average Bonchev–Trinajstić information content (AvgIpc) is 3.38. The average molecular weight is 491 g/mol. The Morgan fingerprint density at radius 3 is 2.75 bits per heavy atom. The highest BCUT2D eigenvalue weighted by atomic mass is 16.3. The zero-order valence-corrected chi connectivity index (χ0v) is 20.4. The van der Waals surface area contributed by atoms with Gasteiger partial charge in [0.05, 0.1) is 24.0 Å². The van der Waals surface area contributed by atoms with E-state index in [0.29, 0.717) is 49.0 Å². The molecule has 6 rings (SSSR count). The molecule has 36 heavy (non-hydrogen) atoms. The van der Waals surface area contributed by atoms with Crippen molar-refractivity contribution in [3.05, 3.63) is 48.2 Å². The number of pyridine rings is 1. The molecule has 2 atom stereocenters. The first kappa shape index (κ1) is 22.8. The number of hydrogen-bond donors (Lipinski definition) is 1. The van der Waals surface area contributed by atoms with E-state index in [0.717, 1.165) is 37.6 Å². The van der Waals surface area contributed by atoms with Crippen LogP contribution in [0.25, 0.3) is 11.0 Å². The zero-order chi connectivity index (χ0) is 24.9. The van der Waals surface area contributed by atoms with Gasteiger partial charge in [0.15, 0.2) is 11.3 Å². The van der Waals surface area contributed by atoms with Crippen molar-refractivity contribution in [2.24, 2.45) is 11.3 Å². The standard InChI is InChI=1S/C26H30N6O4/c1-17(33)31-7-3-21(16-31)32-15-19(12-29-32)25(35)30-8-4-26(5-9-30)11-20(26)13-28-24(34)22-10-18-2-6-27-14-23(18)36-22/h2,6,10,12,14-15,20-21H,3-5,7-9,11,13,16H2,1H3,(H,28,34). The summed E-state index contributed by atoms with van der Waals surface area (Å²) in [6.07, 6.45) is 10.6. The lowest BCUT2D eigenvalue weighted by molar-refractivity contribution is -0.127. The molecular formula is C26H30N6O4. The zero-order valence-electron chi connectivity index (χ0n) is 20.4. The summed E-state index contributed by atoms with van der Waals surface area (Å²) >= 11 is 0. The lowest BCUT2D eigenvalue weighted by Crippen LogP contribution is -2.40. The molecule has 3 aromatic heterocycles. The van der Waals surface area contributed by atoms with E-state index in [1.807, 2.05) is 26.7 Å². The van der Waals surface area contributed by atoms with Crippen molar-refractivity contribution in [3.8, 4) is 0 Å². The van der Waals surface area contributed by atoms with Crippen LogP contribution in [0.5, 0.6) is 0 Å². The van der Waals surface area contributed by atoms with Crippen LogP contribution in [0.1, 0.15) is 59.6 Å². The second-order valence-corrected chi connectivity index (χ2v) is 10.4. The lowest BCUT2D eigenvalue weighted by Gasteiger charge is -2.33. The van der Waals surface area contributed by atoms with Crippen molar-refractivity contribution >= 4 is 28.7 Å². The maximum absolute atomic E-state index is 13.1. The molecule has 1 saturated carbocycles. The number of amides is 3. The predicted molar refractivity (Wildman–Crippen MR) is 130 cm³/mol. The van der Waals surface area contributed by atoms with E-state index in [-0.39, 0.29) is 29.2 Å². The second kappa shape index (κ2) is 8.76. The number of carbonyl (C=O) groups is 3. The van der Waals surface area contributed by atoms with E-state index in [4.69, 9.17) is 4.42 Å². The molecule has 3 amide bonds. The first-order valence-corrected chi connectivity index (χ1v) is 12.6. The number of hydrogen-bond acceptors (Lipinski definition) is 6. The van der Waals surface area contributed by atoms with Gasteiger partial charge >= 0.3 is 0 Å². The van der Waals surface area contributed by atoms with Gasteiger partial charge in [0.25, 0.3) is 11.8 Å². The van der Waals surface area contributed by atoms with Gasteiger partial charge in [-0.1, -0.05) is 0 Å². The smallest absolute Gasteiger partial charge is 0.287 e. The lowest BCUT2D eigenvalue weighted by atomic mass is 9.90. The Balaban J connectivity index is 0.990. The normalized spacial score (nSPS) is 22.8. The highest BCUT2D eigenvalue weighted by Gasteiger charge is 2.54. The molecular weight excluding hydrogens is 460 g/mol. The summed E-state index contributed by atoms with van der Waals surface area (Å²) in [6, 6.07) is 3.69. The minimum absolute atomic E-state index is 0.0161. The minimum atomic E-state index is -0.202. The molecule has 1 N–H and O–H groups in total. The first-order chi connectivity index (χ1) is 17.4. The molecule has 3 aromatic rings. The van der Waals surface area contributed by atoms with Crippen LogP contribution in [0.4, 0.5) is 0 Å². The molecule has 10 nitrogen and oxygen atoms in total. The van der Waals surface area contributed by atoms with Gasteiger partial charge in [-0.15, -0.1) is 0 Å². The van der Waals surface area contributed by atoms with Crippen LogP contribution in [0.3, 0.4) is 0 Å². The molecule has 0 aromatic carbocycles. The summed E-state index contributed by atoms with van der Waals surface area (Å²) in [4.78, 5) is 45.0. The number of rotatable bonds is 5. The summed E-state index contributed by atoms with van der Waals surface area (Å²) < 4.78 is 7.44. The molecule has 5 heterocycles. The number of furan rings is 1. The number of nitrogens with one attached hydrogen (secondary N) is 1. The summed E-state index contributed by atoms with van der Waals surface area (Å²) in [7, 11) is 0. The topological polar surface area (TPSA) is 114 Å². The summed E-state index contributed by atoms with van der Waals surface area (Å²) in [5.41, 5.74) is 1.42. The Morgan fingerprint density at radius 2 is 2.00 bits per heavy atom. The van der Waals surface area contributed by atoms with Gasteiger partial charge < -0.3 is 19.5 Å². The molecule has 3 aliphatic rings. The van der Waals surface area contributed by atoms with Crippen LogP contribution in [0.15, 0.2) is 41.3 Å². The van der Waals surface area contributed by atoms with Crippen LogP contribution in [0, 0.1) is 11.3 Å². The van der Waals surface area contributed by atoms with Gasteiger partial charge in [-0.2, -0.15) is 5.10 Å². The van der Waals surface area contributed by atoms with Crippen molar-refractivity contribution in [1.29, 1.82) is 0 Å². The van der Waals surface area contributed by atoms with Crippen molar-refractivity contribution in [1.82, 2.24) is 29.9 Å². The maximum Gasteiger partial charge on any atom is 0.287 e. The molecule has 2 aliphatic heterocycles. The van der Waals surface area contributed by atoms with E-state index in [2.05, 4.69) is 15.4 Å². The second-order valence-electron chi connectivity index (χ2n) is 10.4. The van der Waals surface area contributed by atoms with Crippen LogP contribution < -0.4 is 5.32 Å². The number of aromatic nitrogens is 3. The third-order valence-electron chi connectivity index (χ3n) is 8.29. The Hall–Kier alpha value is -3.69. The Labute approximate surface area is 208 Å². The number of nitrogens with zero attached hydrogens (tertiary/aromatic N) is 5. The van der Waals surface area contributed by atoms with Crippen molar-refractivity contribution in [2.75, 3.05) is 32.7 Å². The number of likely N-dealkylation sites (tertiary alicyclic amines) is 2. The van der Waals surface area contributed by atoms with Crippen molar-refractivity contribution in [2.45, 2.75) is 38.6 Å². The quantitative estimate of drug-likeness (QED) is 0.588. The highest BCUT2D eigenvalue weighted by Crippen LogP contribution is 2.59. The molecule has 0 bridgehead atoms.